The molecule has 0 amide bonds. The lowest BCUT2D eigenvalue weighted by Gasteiger charge is -2.10. The number of esters is 1. The van der Waals surface area contributed by atoms with E-state index in [1.165, 1.54) is 0 Å². The van der Waals surface area contributed by atoms with Crippen LogP contribution in [-0.2, 0) is 14.1 Å². The summed E-state index contributed by atoms with van der Waals surface area (Å²) in [5, 5.41) is 0. The smallest absolute Gasteiger partial charge is 0.349 e. The average Bonchev–Trinajstić information content (AvgIpc) is 1.99. The predicted octanol–water partition coefficient (Wildman–Crippen LogP) is 2.33. The average molecular weight is 219 g/mol. The first-order chi connectivity index (χ1) is 6.25. The SMILES string of the molecule is CC(C)OC(=O)C=NP(C)(=O)C(C)C. The Balaban J connectivity index is 4.31. The van der Waals surface area contributed by atoms with Crippen LogP contribution in [0.4, 0.5) is 0 Å². The molecule has 0 heterocycles. The van der Waals surface area contributed by atoms with Gasteiger partial charge in [0.05, 0.1) is 6.10 Å². The molecule has 0 fully saturated rings. The molecule has 0 saturated carbocycles. The van der Waals surface area contributed by atoms with Crippen LogP contribution < -0.4 is 0 Å². The van der Waals surface area contributed by atoms with Crippen molar-refractivity contribution in [1.29, 1.82) is 0 Å². The first kappa shape index (κ1) is 13.4. The van der Waals surface area contributed by atoms with Crippen molar-refractivity contribution >= 4 is 19.5 Å². The first-order valence-electron chi connectivity index (χ1n) is 4.59. The minimum absolute atomic E-state index is 0.0504. The third-order valence-electron chi connectivity index (χ3n) is 1.70. The number of carbonyl (C=O) groups is 1. The fraction of sp³-hybridized carbons (Fsp3) is 0.778. The second kappa shape index (κ2) is 5.30. The van der Waals surface area contributed by atoms with E-state index in [2.05, 4.69) is 4.76 Å². The quantitative estimate of drug-likeness (QED) is 0.414. The fourth-order valence-corrected chi connectivity index (χ4v) is 1.15. The highest BCUT2D eigenvalue weighted by Gasteiger charge is 2.18. The maximum Gasteiger partial charge on any atom is 0.349 e. The van der Waals surface area contributed by atoms with E-state index in [1.54, 1.807) is 20.5 Å². The van der Waals surface area contributed by atoms with Gasteiger partial charge in [0.1, 0.15) is 6.21 Å². The Morgan fingerprint density at radius 2 is 1.86 bits per heavy atom. The highest BCUT2D eigenvalue weighted by Crippen LogP contribution is 2.47. The second-order valence-electron chi connectivity index (χ2n) is 3.77. The van der Waals surface area contributed by atoms with Crippen LogP contribution in [0.1, 0.15) is 27.7 Å². The zero-order chi connectivity index (χ0) is 11.4. The van der Waals surface area contributed by atoms with Gasteiger partial charge in [-0.15, -0.1) is 0 Å². The number of carbonyl (C=O) groups excluding carboxylic acids is 1. The van der Waals surface area contributed by atoms with Crippen LogP contribution >= 0.6 is 7.29 Å². The summed E-state index contributed by atoms with van der Waals surface area (Å²) in [6, 6.07) is 0. The molecule has 0 aromatic rings. The van der Waals surface area contributed by atoms with E-state index in [0.29, 0.717) is 0 Å². The van der Waals surface area contributed by atoms with Crippen molar-refractivity contribution in [3.63, 3.8) is 0 Å². The van der Waals surface area contributed by atoms with Gasteiger partial charge in [-0.3, -0.25) is 4.57 Å². The lowest BCUT2D eigenvalue weighted by Crippen LogP contribution is -2.12. The third kappa shape index (κ3) is 5.18. The third-order valence-corrected chi connectivity index (χ3v) is 4.19. The molecular formula is C9H18NO3P. The molecule has 0 saturated heterocycles. The molecule has 0 radical (unpaired) electrons. The molecule has 1 atom stereocenters. The van der Waals surface area contributed by atoms with E-state index in [4.69, 9.17) is 4.74 Å². The fourth-order valence-electron chi connectivity index (χ4n) is 0.558. The minimum Gasteiger partial charge on any atom is -0.459 e. The van der Waals surface area contributed by atoms with Gasteiger partial charge in [0, 0.05) is 12.3 Å². The number of hydrogen-bond donors (Lipinski definition) is 0. The van der Waals surface area contributed by atoms with E-state index in [-0.39, 0.29) is 11.8 Å². The van der Waals surface area contributed by atoms with E-state index in [9.17, 15) is 9.36 Å². The Labute approximate surface area is 85.2 Å². The molecule has 4 nitrogen and oxygen atoms in total. The van der Waals surface area contributed by atoms with Gasteiger partial charge in [-0.1, -0.05) is 13.8 Å². The van der Waals surface area contributed by atoms with Gasteiger partial charge in [-0.2, -0.15) is 0 Å². The number of ether oxygens (including phenoxy) is 1. The molecule has 82 valence electrons. The summed E-state index contributed by atoms with van der Waals surface area (Å²) in [6.07, 6.45) is 0.838. The highest BCUT2D eigenvalue weighted by molar-refractivity contribution is 7.62. The van der Waals surface area contributed by atoms with Gasteiger partial charge in [0.15, 0.2) is 7.29 Å². The molecule has 0 aromatic carbocycles. The number of hydrogen-bond acceptors (Lipinski definition) is 3. The minimum atomic E-state index is -2.59. The Morgan fingerprint density at radius 1 is 1.36 bits per heavy atom. The molecule has 0 N–H and O–H groups in total. The maximum atomic E-state index is 11.7. The Morgan fingerprint density at radius 3 is 2.21 bits per heavy atom. The summed E-state index contributed by atoms with van der Waals surface area (Å²) >= 11 is 0. The van der Waals surface area contributed by atoms with Crippen LogP contribution in [0.3, 0.4) is 0 Å². The van der Waals surface area contributed by atoms with Crippen molar-refractivity contribution in [3.8, 4) is 0 Å². The lowest BCUT2D eigenvalue weighted by atomic mass is 10.5. The van der Waals surface area contributed by atoms with Crippen LogP contribution in [0, 0.1) is 0 Å². The van der Waals surface area contributed by atoms with Crippen molar-refractivity contribution in [2.24, 2.45) is 4.76 Å². The molecule has 0 aromatic heterocycles. The summed E-state index contributed by atoms with van der Waals surface area (Å²) in [6.45, 7) is 8.67. The summed E-state index contributed by atoms with van der Waals surface area (Å²) < 4.78 is 20.3. The van der Waals surface area contributed by atoms with Crippen LogP contribution in [-0.4, -0.2) is 30.6 Å². The standard InChI is InChI=1S/C9H18NO3P/c1-7(2)13-9(11)6-10-14(5,12)8(3)4/h6-8H,1-5H3. The summed E-state index contributed by atoms with van der Waals surface area (Å²) in [5.74, 6) is -0.539. The van der Waals surface area contributed by atoms with Crippen molar-refractivity contribution in [3.05, 3.63) is 0 Å². The molecule has 0 aliphatic heterocycles. The number of nitrogens with zero attached hydrogens (tertiary/aromatic N) is 1. The lowest BCUT2D eigenvalue weighted by molar-refractivity contribution is -0.138. The molecule has 0 rings (SSSR count). The Bertz CT molecular complexity index is 271. The van der Waals surface area contributed by atoms with Crippen molar-refractivity contribution in [2.45, 2.75) is 39.5 Å². The Hall–Kier alpha value is -0.630. The van der Waals surface area contributed by atoms with Gasteiger partial charge >= 0.3 is 5.97 Å². The molecule has 0 bridgehead atoms. The zero-order valence-corrected chi connectivity index (χ0v) is 10.2. The second-order valence-corrected chi connectivity index (χ2v) is 6.92. The molecule has 14 heavy (non-hydrogen) atoms. The molecule has 0 spiro atoms. The monoisotopic (exact) mass is 219 g/mol. The largest absolute Gasteiger partial charge is 0.459 e. The normalized spacial score (nSPS) is 16.2. The van der Waals surface area contributed by atoms with Gasteiger partial charge in [0.25, 0.3) is 0 Å². The van der Waals surface area contributed by atoms with Crippen molar-refractivity contribution in [2.75, 3.05) is 6.66 Å². The van der Waals surface area contributed by atoms with Crippen LogP contribution in [0.5, 0.6) is 0 Å². The van der Waals surface area contributed by atoms with Gasteiger partial charge in [-0.05, 0) is 13.8 Å². The topological polar surface area (TPSA) is 55.7 Å². The molecular weight excluding hydrogens is 201 g/mol. The Kier molecular flexibility index (Phi) is 5.06. The van der Waals surface area contributed by atoms with Crippen LogP contribution in [0.2, 0.25) is 0 Å². The maximum absolute atomic E-state index is 11.7. The molecule has 1 unspecified atom stereocenters. The van der Waals surface area contributed by atoms with Crippen molar-refractivity contribution < 1.29 is 14.1 Å². The van der Waals surface area contributed by atoms with Crippen LogP contribution in [0.25, 0.3) is 0 Å². The summed E-state index contributed by atoms with van der Waals surface area (Å²) in [4.78, 5) is 11.0. The summed E-state index contributed by atoms with van der Waals surface area (Å²) in [5.41, 5.74) is -0.0504. The van der Waals surface area contributed by atoms with Crippen molar-refractivity contribution in [1.82, 2.24) is 0 Å². The predicted molar refractivity (Wildman–Crippen MR) is 58.4 cm³/mol. The van der Waals surface area contributed by atoms with Gasteiger partial charge in [-0.25, -0.2) is 9.56 Å². The van der Waals surface area contributed by atoms with E-state index < -0.39 is 13.3 Å². The van der Waals surface area contributed by atoms with E-state index >= 15 is 0 Å². The molecule has 0 aliphatic rings. The first-order valence-corrected chi connectivity index (χ1v) is 6.76. The zero-order valence-electron chi connectivity index (χ0n) is 9.35. The van der Waals surface area contributed by atoms with Gasteiger partial charge < -0.3 is 4.74 Å². The number of rotatable bonds is 4. The highest BCUT2D eigenvalue weighted by atomic mass is 31.2. The molecule has 0 aliphatic carbocycles. The molecule has 5 heteroatoms. The van der Waals surface area contributed by atoms with Gasteiger partial charge in [0.2, 0.25) is 0 Å². The van der Waals surface area contributed by atoms with E-state index in [0.717, 1.165) is 6.21 Å². The van der Waals surface area contributed by atoms with E-state index in [1.807, 2.05) is 13.8 Å². The van der Waals surface area contributed by atoms with Crippen LogP contribution in [0.15, 0.2) is 4.76 Å². The summed E-state index contributed by atoms with van der Waals surface area (Å²) in [7, 11) is -2.59.